The van der Waals surface area contributed by atoms with Crippen LogP contribution in [0.3, 0.4) is 0 Å². The van der Waals surface area contributed by atoms with Crippen molar-refractivity contribution in [2.24, 2.45) is 50.7 Å². The lowest BCUT2D eigenvalue weighted by molar-refractivity contribution is -0.359. The minimum absolute atomic E-state index is 0.0143. The Balaban J connectivity index is 1.09. The Hall–Kier alpha value is -2.54. The number of aliphatic hydroxyl groups is 5. The van der Waals surface area contributed by atoms with E-state index in [0.29, 0.717) is 25.7 Å². The van der Waals surface area contributed by atoms with Crippen LogP contribution in [-0.4, -0.2) is 132 Å². The summed E-state index contributed by atoms with van der Waals surface area (Å²) in [6, 6.07) is 0. The van der Waals surface area contributed by atoms with Gasteiger partial charge in [-0.15, -0.1) is 0 Å². The van der Waals surface area contributed by atoms with Crippen molar-refractivity contribution in [2.45, 2.75) is 167 Å². The normalized spacial score (nSPS) is 51.9. The summed E-state index contributed by atoms with van der Waals surface area (Å²) >= 11 is 0. The highest BCUT2D eigenvalue weighted by atomic mass is 16.7. The van der Waals surface area contributed by atoms with Gasteiger partial charge in [-0.05, 0) is 110 Å². The molecular weight excluding hydrogens is 748 g/mol. The maximum absolute atomic E-state index is 14.6. The number of aliphatic carboxylic acids is 3. The first kappa shape index (κ1) is 42.6. The monoisotopic (exact) mass is 808 g/mol. The van der Waals surface area contributed by atoms with Gasteiger partial charge < -0.3 is 59.8 Å². The quantitative estimate of drug-likeness (QED) is 0.171. The average Bonchev–Trinajstić information content (AvgIpc) is 3.13. The van der Waals surface area contributed by atoms with Crippen LogP contribution in [-0.2, 0) is 38.1 Å². The smallest absolute Gasteiger partial charge is 0.335 e. The Bertz CT molecular complexity index is 1680. The maximum Gasteiger partial charge on any atom is 0.335 e. The van der Waals surface area contributed by atoms with Crippen LogP contribution in [0, 0.1) is 50.7 Å². The molecule has 4 unspecified atom stereocenters. The maximum atomic E-state index is 14.6. The van der Waals surface area contributed by atoms with Crippen LogP contribution in [0.2, 0.25) is 0 Å². The fraction of sp³-hybridized carbons (Fsp3) is 0.854. The molecule has 0 radical (unpaired) electrons. The van der Waals surface area contributed by atoms with Crippen LogP contribution in [0.5, 0.6) is 0 Å². The van der Waals surface area contributed by atoms with Crippen molar-refractivity contribution in [3.05, 3.63) is 11.6 Å². The van der Waals surface area contributed by atoms with E-state index in [1.54, 1.807) is 0 Å². The van der Waals surface area contributed by atoms with E-state index in [9.17, 15) is 60.0 Å². The minimum atomic E-state index is -2.06. The molecule has 0 spiro atoms. The largest absolute Gasteiger partial charge is 0.481 e. The van der Waals surface area contributed by atoms with Gasteiger partial charge in [0.2, 0.25) is 0 Å². The van der Waals surface area contributed by atoms with E-state index in [2.05, 4.69) is 20.8 Å². The van der Waals surface area contributed by atoms with Crippen molar-refractivity contribution in [1.82, 2.24) is 0 Å². The van der Waals surface area contributed by atoms with Crippen LogP contribution in [0.15, 0.2) is 11.6 Å². The van der Waals surface area contributed by atoms with Crippen molar-refractivity contribution in [2.75, 3.05) is 0 Å². The second-order valence-electron chi connectivity index (χ2n) is 20.0. The van der Waals surface area contributed by atoms with E-state index in [1.807, 2.05) is 26.8 Å². The molecule has 2 aliphatic heterocycles. The molecule has 2 saturated heterocycles. The highest BCUT2D eigenvalue weighted by molar-refractivity contribution is 5.95. The number of carbonyl (C=O) groups excluding carboxylic acids is 1. The molecule has 19 atom stereocenters. The van der Waals surface area contributed by atoms with E-state index in [-0.39, 0.29) is 40.3 Å². The van der Waals surface area contributed by atoms with Crippen LogP contribution < -0.4 is 0 Å². The molecular formula is C41H60O16. The van der Waals surface area contributed by atoms with Gasteiger partial charge in [0, 0.05) is 5.92 Å². The molecule has 6 fully saturated rings. The fourth-order valence-corrected chi connectivity index (χ4v) is 12.9. The predicted octanol–water partition coefficient (Wildman–Crippen LogP) is 1.86. The third-order valence-electron chi connectivity index (χ3n) is 16.5. The minimum Gasteiger partial charge on any atom is -0.481 e. The molecule has 0 amide bonds. The first-order valence-electron chi connectivity index (χ1n) is 20.4. The van der Waals surface area contributed by atoms with Crippen molar-refractivity contribution >= 4 is 23.7 Å². The standard InChI is InChI=1S/C41H60O16/c1-37(2)21-8-7-17-23(20(42)15-18-19-16-39(4,36(52)53)12-11-38(19,3)13-14-40(17,18)5)41(21,6)10-9-22(37)54-34-28(47)26(45)29(31(57-34)33(50)51)55-35-27(46)24(43)25(44)30(56-35)32(48)49/h15,17,19,21-31,34-35,43-47H,7-14,16H2,1-6H3,(H,48,49)(H,50,51)(H,52,53)/t17?,19?,21?,22-,23?,24-,25-,26+,27+,28+,29-,30-,31-,34+,35+,38+,39-,40-,41-/m0/s1. The van der Waals surface area contributed by atoms with E-state index < -0.39 is 102 Å². The molecule has 0 bridgehead atoms. The number of carbonyl (C=O) groups is 4. The first-order valence-corrected chi connectivity index (χ1v) is 20.4. The summed E-state index contributed by atoms with van der Waals surface area (Å²) in [6.45, 7) is 12.6. The summed E-state index contributed by atoms with van der Waals surface area (Å²) < 4.78 is 22.7. The summed E-state index contributed by atoms with van der Waals surface area (Å²) in [6.07, 6.45) is -11.9. The number of carboxylic acids is 3. The molecule has 57 heavy (non-hydrogen) atoms. The molecule has 16 nitrogen and oxygen atoms in total. The lowest BCUT2D eigenvalue weighted by Gasteiger charge is -2.66. The summed E-state index contributed by atoms with van der Waals surface area (Å²) in [5.41, 5.74) is -1.08. The molecule has 0 aromatic carbocycles. The van der Waals surface area contributed by atoms with E-state index in [1.165, 1.54) is 0 Å². The Morgan fingerprint density at radius 2 is 1.30 bits per heavy atom. The zero-order valence-corrected chi connectivity index (χ0v) is 33.4. The molecule has 2 heterocycles. The molecule has 5 aliphatic carbocycles. The molecule has 7 aliphatic rings. The third-order valence-corrected chi connectivity index (χ3v) is 16.5. The fourth-order valence-electron chi connectivity index (χ4n) is 12.9. The van der Waals surface area contributed by atoms with E-state index in [0.717, 1.165) is 37.7 Å². The number of ether oxygens (including phenoxy) is 4. The molecule has 0 aromatic heterocycles. The Labute approximate surface area is 331 Å². The molecule has 4 saturated carbocycles. The molecule has 320 valence electrons. The summed E-state index contributed by atoms with van der Waals surface area (Å²) in [7, 11) is 0. The molecule has 0 aromatic rings. The van der Waals surface area contributed by atoms with Gasteiger partial charge in [0.15, 0.2) is 30.6 Å². The highest BCUT2D eigenvalue weighted by Gasteiger charge is 2.67. The third kappa shape index (κ3) is 6.51. The van der Waals surface area contributed by atoms with Gasteiger partial charge in [0.25, 0.3) is 0 Å². The number of hydrogen-bond donors (Lipinski definition) is 8. The van der Waals surface area contributed by atoms with Crippen molar-refractivity contribution in [3.63, 3.8) is 0 Å². The average molecular weight is 809 g/mol. The first-order chi connectivity index (χ1) is 26.4. The van der Waals surface area contributed by atoms with Gasteiger partial charge >= 0.3 is 17.9 Å². The van der Waals surface area contributed by atoms with Crippen molar-refractivity contribution in [1.29, 1.82) is 0 Å². The molecule has 16 heteroatoms. The summed E-state index contributed by atoms with van der Waals surface area (Å²) in [4.78, 5) is 51.1. The van der Waals surface area contributed by atoms with E-state index in [4.69, 9.17) is 18.9 Å². The van der Waals surface area contributed by atoms with Gasteiger partial charge in [0.05, 0.1) is 11.5 Å². The highest BCUT2D eigenvalue weighted by Crippen LogP contribution is 2.71. The van der Waals surface area contributed by atoms with Gasteiger partial charge in [-0.1, -0.05) is 40.2 Å². The van der Waals surface area contributed by atoms with Gasteiger partial charge in [-0.25, -0.2) is 9.59 Å². The van der Waals surface area contributed by atoms with E-state index >= 15 is 0 Å². The Morgan fingerprint density at radius 1 is 0.702 bits per heavy atom. The van der Waals surface area contributed by atoms with Crippen molar-refractivity contribution < 1.29 is 79.0 Å². The lowest BCUT2D eigenvalue weighted by atomic mass is 9.38. The lowest BCUT2D eigenvalue weighted by Crippen LogP contribution is -2.66. The summed E-state index contributed by atoms with van der Waals surface area (Å²) in [5, 5.41) is 82.9. The second-order valence-corrected chi connectivity index (χ2v) is 20.0. The number of aliphatic hydroxyl groups excluding tert-OH is 5. The zero-order valence-electron chi connectivity index (χ0n) is 33.4. The van der Waals surface area contributed by atoms with Gasteiger partial charge in [0.1, 0.15) is 36.6 Å². The number of fused-ring (bicyclic) bond motifs is 7. The zero-order chi connectivity index (χ0) is 41.9. The van der Waals surface area contributed by atoms with Crippen LogP contribution in [0.4, 0.5) is 0 Å². The van der Waals surface area contributed by atoms with Crippen molar-refractivity contribution in [3.8, 4) is 0 Å². The topological polar surface area (TPSA) is 267 Å². The Morgan fingerprint density at radius 3 is 1.93 bits per heavy atom. The number of allylic oxidation sites excluding steroid dienone is 2. The molecule has 8 N–H and O–H groups in total. The molecule has 7 rings (SSSR count). The number of carboxylic acid groups (broad SMARTS) is 3. The second kappa shape index (κ2) is 14.3. The number of rotatable bonds is 7. The van der Waals surface area contributed by atoms with Gasteiger partial charge in [-0.3, -0.25) is 9.59 Å². The summed E-state index contributed by atoms with van der Waals surface area (Å²) in [5.74, 6) is -4.22. The van der Waals surface area contributed by atoms with Crippen LogP contribution >= 0.6 is 0 Å². The number of hydrogen-bond acceptors (Lipinski definition) is 13. The Kier molecular flexibility index (Phi) is 10.7. The van der Waals surface area contributed by atoms with Gasteiger partial charge in [-0.2, -0.15) is 0 Å². The predicted molar refractivity (Wildman–Crippen MR) is 195 cm³/mol. The SMILES string of the molecule is CC1(C)C2CCC3C(C(=O)C=C4C5C[C@@](C)(C(=O)O)CC[C@]5(C)CC[C@]43C)[C@@]2(C)CC[C@@H]1O[C@@H]1O[C@H](C(=O)O)[C@@H](O[C@@H]2O[C@H](C(=O)O)[C@@H](O)[C@H](O)[C@H]2O)[C@H](O)[C@H]1O. The number of ketones is 1. The van der Waals surface area contributed by atoms with Crippen LogP contribution in [0.1, 0.15) is 99.3 Å². The van der Waals surface area contributed by atoms with Crippen LogP contribution in [0.25, 0.3) is 0 Å².